The zero-order valence-corrected chi connectivity index (χ0v) is 17.9. The molecule has 31 heavy (non-hydrogen) atoms. The maximum atomic E-state index is 13.2. The first-order valence-corrected chi connectivity index (χ1v) is 10.6. The van der Waals surface area contributed by atoms with Crippen LogP contribution in [0.5, 0.6) is 5.75 Å². The van der Waals surface area contributed by atoms with Crippen molar-refractivity contribution in [3.63, 3.8) is 0 Å². The van der Waals surface area contributed by atoms with Crippen LogP contribution in [0.4, 0.5) is 18.9 Å². The summed E-state index contributed by atoms with van der Waals surface area (Å²) in [6, 6.07) is 10.8. The Bertz CT molecular complexity index is 972. The van der Waals surface area contributed by atoms with Gasteiger partial charge in [0.1, 0.15) is 5.75 Å². The molecule has 1 aliphatic carbocycles. The molecule has 1 amide bonds. The highest BCUT2D eigenvalue weighted by Gasteiger charge is 2.58. The lowest BCUT2D eigenvalue weighted by molar-refractivity contribution is -0.138. The molecule has 2 aliphatic rings. The number of rotatable bonds is 5. The van der Waals surface area contributed by atoms with E-state index in [1.54, 1.807) is 30.3 Å². The van der Waals surface area contributed by atoms with Gasteiger partial charge in [0.2, 0.25) is 5.91 Å². The summed E-state index contributed by atoms with van der Waals surface area (Å²) in [5.74, 6) is 0.442. The number of hydrogen-bond donors (Lipinski definition) is 1. The van der Waals surface area contributed by atoms with E-state index < -0.39 is 11.7 Å². The topological polar surface area (TPSA) is 41.6 Å². The number of carbonyl (C=O) groups excluding carboxylic acids is 1. The number of anilines is 1. The van der Waals surface area contributed by atoms with E-state index >= 15 is 0 Å². The van der Waals surface area contributed by atoms with Crippen molar-refractivity contribution in [2.45, 2.75) is 32.0 Å². The lowest BCUT2D eigenvalue weighted by atomic mass is 9.90. The number of halogens is 4. The van der Waals surface area contributed by atoms with Crippen molar-refractivity contribution in [1.82, 2.24) is 4.90 Å². The lowest BCUT2D eigenvalue weighted by Gasteiger charge is -2.33. The number of ether oxygens (including phenoxy) is 1. The van der Waals surface area contributed by atoms with E-state index in [4.69, 9.17) is 16.3 Å². The van der Waals surface area contributed by atoms with Crippen molar-refractivity contribution in [2.75, 3.05) is 25.5 Å². The minimum Gasteiger partial charge on any atom is -0.495 e. The molecule has 2 aromatic rings. The van der Waals surface area contributed by atoms with E-state index in [2.05, 4.69) is 5.32 Å². The molecule has 1 unspecified atom stereocenters. The summed E-state index contributed by atoms with van der Waals surface area (Å²) in [4.78, 5) is 14.8. The van der Waals surface area contributed by atoms with E-state index in [-0.39, 0.29) is 23.8 Å². The summed E-state index contributed by atoms with van der Waals surface area (Å²) in [5.41, 5.74) is 0.309. The molecular formula is C23H24ClF3N2O2. The molecule has 1 heterocycles. The van der Waals surface area contributed by atoms with Gasteiger partial charge in [0.05, 0.1) is 17.7 Å². The molecule has 4 rings (SSSR count). The minimum absolute atomic E-state index is 0.0305. The molecule has 1 spiro atoms. The summed E-state index contributed by atoms with van der Waals surface area (Å²) in [6.45, 7) is 1.64. The third kappa shape index (κ3) is 4.67. The molecule has 166 valence electrons. The number of benzene rings is 2. The maximum Gasteiger partial charge on any atom is 0.416 e. The van der Waals surface area contributed by atoms with Gasteiger partial charge in [-0.3, -0.25) is 9.69 Å². The summed E-state index contributed by atoms with van der Waals surface area (Å²) in [6.07, 6.45) is -1.92. The molecule has 1 aliphatic heterocycles. The first-order chi connectivity index (χ1) is 14.7. The van der Waals surface area contributed by atoms with Crippen LogP contribution in [0.25, 0.3) is 0 Å². The number of amides is 1. The fourth-order valence-electron chi connectivity index (χ4n) is 4.58. The van der Waals surface area contributed by atoms with Crippen molar-refractivity contribution in [3.8, 4) is 5.75 Å². The number of alkyl halides is 3. The second-order valence-electron chi connectivity index (χ2n) is 8.39. The Kier molecular flexibility index (Phi) is 5.92. The van der Waals surface area contributed by atoms with E-state index in [1.807, 2.05) is 4.90 Å². The van der Waals surface area contributed by atoms with Crippen molar-refractivity contribution in [2.24, 2.45) is 11.3 Å². The van der Waals surface area contributed by atoms with Gasteiger partial charge in [-0.1, -0.05) is 29.8 Å². The van der Waals surface area contributed by atoms with Gasteiger partial charge < -0.3 is 10.1 Å². The highest BCUT2D eigenvalue weighted by Crippen LogP contribution is 2.59. The summed E-state index contributed by atoms with van der Waals surface area (Å²) in [5, 5.41) is 3.35. The lowest BCUT2D eigenvalue weighted by Crippen LogP contribution is -2.36. The van der Waals surface area contributed by atoms with Crippen molar-refractivity contribution in [1.29, 1.82) is 0 Å². The minimum atomic E-state index is -4.35. The monoisotopic (exact) mass is 452 g/mol. The molecule has 1 saturated heterocycles. The number of likely N-dealkylation sites (tertiary alicyclic amines) is 1. The Morgan fingerprint density at radius 1 is 1.23 bits per heavy atom. The SMILES string of the molecule is COc1ccc(NC(=O)C2CC23CCN(Cc2ccccc2C(F)(F)F)CC3)cc1Cl. The normalized spacial score (nSPS) is 20.5. The Balaban J connectivity index is 1.33. The Hall–Kier alpha value is -2.25. The third-order valence-corrected chi connectivity index (χ3v) is 6.79. The fourth-order valence-corrected chi connectivity index (χ4v) is 4.83. The number of carbonyl (C=O) groups is 1. The molecular weight excluding hydrogens is 429 g/mol. The molecule has 0 radical (unpaired) electrons. The number of nitrogens with zero attached hydrogens (tertiary/aromatic N) is 1. The number of nitrogens with one attached hydrogen (secondary N) is 1. The maximum absolute atomic E-state index is 13.2. The summed E-state index contributed by atoms with van der Waals surface area (Å²) in [7, 11) is 1.53. The number of piperidine rings is 1. The Morgan fingerprint density at radius 2 is 1.94 bits per heavy atom. The van der Waals surface area contributed by atoms with Gasteiger partial charge in [-0.2, -0.15) is 13.2 Å². The highest BCUT2D eigenvalue weighted by molar-refractivity contribution is 6.32. The highest BCUT2D eigenvalue weighted by atomic mass is 35.5. The van der Waals surface area contributed by atoms with Gasteiger partial charge in [0.15, 0.2) is 0 Å². The second-order valence-corrected chi connectivity index (χ2v) is 8.80. The zero-order chi connectivity index (χ0) is 22.2. The van der Waals surface area contributed by atoms with Gasteiger partial charge in [0.25, 0.3) is 0 Å². The molecule has 1 atom stereocenters. The average Bonchev–Trinajstić information content (AvgIpc) is 3.43. The van der Waals surface area contributed by atoms with Gasteiger partial charge in [-0.25, -0.2) is 0 Å². The van der Waals surface area contributed by atoms with Crippen LogP contribution < -0.4 is 10.1 Å². The number of hydrogen-bond acceptors (Lipinski definition) is 3. The van der Waals surface area contributed by atoms with Crippen LogP contribution in [0, 0.1) is 11.3 Å². The van der Waals surface area contributed by atoms with Crippen LogP contribution in [0.15, 0.2) is 42.5 Å². The predicted molar refractivity (Wildman–Crippen MR) is 113 cm³/mol. The largest absolute Gasteiger partial charge is 0.495 e. The van der Waals surface area contributed by atoms with Crippen LogP contribution in [0.3, 0.4) is 0 Å². The van der Waals surface area contributed by atoms with Gasteiger partial charge in [-0.15, -0.1) is 0 Å². The second kappa shape index (κ2) is 8.36. The van der Waals surface area contributed by atoms with Gasteiger partial charge in [-0.05, 0) is 67.6 Å². The molecule has 1 saturated carbocycles. The van der Waals surface area contributed by atoms with Crippen LogP contribution in [0.2, 0.25) is 5.02 Å². The van der Waals surface area contributed by atoms with E-state index in [9.17, 15) is 18.0 Å². The van der Waals surface area contributed by atoms with Crippen LogP contribution >= 0.6 is 11.6 Å². The zero-order valence-electron chi connectivity index (χ0n) is 17.1. The van der Waals surface area contributed by atoms with Crippen LogP contribution in [-0.4, -0.2) is 31.0 Å². The van der Waals surface area contributed by atoms with Crippen LogP contribution in [0.1, 0.15) is 30.4 Å². The Morgan fingerprint density at radius 3 is 2.58 bits per heavy atom. The molecule has 0 bridgehead atoms. The number of methoxy groups -OCH3 is 1. The molecule has 1 N–H and O–H groups in total. The van der Waals surface area contributed by atoms with Gasteiger partial charge in [0, 0.05) is 18.2 Å². The average molecular weight is 453 g/mol. The predicted octanol–water partition coefficient (Wildman–Crippen LogP) is 5.61. The standard InChI is InChI=1S/C23H24ClF3N2O2/c1-31-20-7-6-16(12-19(20)24)28-21(30)18-13-22(18)8-10-29(11-9-22)14-15-4-2-3-5-17(15)23(25,26)27/h2-7,12,18H,8-11,13-14H2,1H3,(H,28,30). The van der Waals surface area contributed by atoms with Crippen LogP contribution in [-0.2, 0) is 17.5 Å². The molecule has 8 heteroatoms. The molecule has 2 aromatic carbocycles. The third-order valence-electron chi connectivity index (χ3n) is 6.49. The first-order valence-electron chi connectivity index (χ1n) is 10.2. The fraction of sp³-hybridized carbons (Fsp3) is 0.435. The van der Waals surface area contributed by atoms with Gasteiger partial charge >= 0.3 is 6.18 Å². The quantitative estimate of drug-likeness (QED) is 0.641. The van der Waals surface area contributed by atoms with E-state index in [1.165, 1.54) is 13.2 Å². The van der Waals surface area contributed by atoms with E-state index in [0.29, 0.717) is 35.1 Å². The molecule has 0 aromatic heterocycles. The molecule has 2 fully saturated rings. The summed E-state index contributed by atoms with van der Waals surface area (Å²) >= 11 is 6.12. The van der Waals surface area contributed by atoms with E-state index in [0.717, 1.165) is 25.3 Å². The first kappa shape index (κ1) is 22.0. The van der Waals surface area contributed by atoms with Crippen molar-refractivity contribution < 1.29 is 22.7 Å². The summed E-state index contributed by atoms with van der Waals surface area (Å²) < 4.78 is 44.9. The Labute approximate surface area is 184 Å². The smallest absolute Gasteiger partial charge is 0.416 e. The van der Waals surface area contributed by atoms with Crippen molar-refractivity contribution in [3.05, 3.63) is 58.6 Å². The molecule has 4 nitrogen and oxygen atoms in total. The van der Waals surface area contributed by atoms with Crippen molar-refractivity contribution >= 4 is 23.2 Å².